The highest BCUT2D eigenvalue weighted by Gasteiger charge is 2.54. The number of aryl methyl sites for hydroxylation is 1. The third kappa shape index (κ3) is 4.04. The summed E-state index contributed by atoms with van der Waals surface area (Å²) in [5.74, 6) is 0. The molecule has 0 amide bonds. The number of aliphatic hydroxyl groups is 2. The predicted octanol–water partition coefficient (Wildman–Crippen LogP) is 9.62. The smallest absolute Gasteiger partial charge is 0.142 e. The van der Waals surface area contributed by atoms with Crippen LogP contribution < -0.4 is 0 Å². The first kappa shape index (κ1) is 28.2. The van der Waals surface area contributed by atoms with Gasteiger partial charge in [-0.25, -0.2) is 0 Å². The molecule has 46 heavy (non-hydrogen) atoms. The van der Waals surface area contributed by atoms with Gasteiger partial charge in [-0.05, 0) is 67.3 Å². The van der Waals surface area contributed by atoms with E-state index in [0.29, 0.717) is 22.3 Å². The Bertz CT molecular complexity index is 2190. The van der Waals surface area contributed by atoms with Crippen LogP contribution in [0.25, 0.3) is 33.0 Å². The van der Waals surface area contributed by atoms with Gasteiger partial charge in [-0.2, -0.15) is 0 Å². The zero-order valence-electron chi connectivity index (χ0n) is 25.7. The molecular weight excluding hydrogens is 560 g/mol. The van der Waals surface area contributed by atoms with Crippen molar-refractivity contribution >= 4 is 10.8 Å². The van der Waals surface area contributed by atoms with E-state index >= 15 is 0 Å². The second-order valence-corrected chi connectivity index (χ2v) is 12.2. The van der Waals surface area contributed by atoms with E-state index in [-0.39, 0.29) is 0 Å². The third-order valence-corrected chi connectivity index (χ3v) is 9.72. The maximum Gasteiger partial charge on any atom is 0.142 e. The minimum absolute atomic E-state index is 0.682. The van der Waals surface area contributed by atoms with Crippen molar-refractivity contribution < 1.29 is 10.2 Å². The molecule has 0 aromatic heterocycles. The summed E-state index contributed by atoms with van der Waals surface area (Å²) in [5, 5.41) is 29.6. The molecule has 2 nitrogen and oxygen atoms in total. The van der Waals surface area contributed by atoms with Crippen LogP contribution in [0.2, 0.25) is 0 Å². The van der Waals surface area contributed by atoms with Crippen LogP contribution in [0.4, 0.5) is 0 Å². The van der Waals surface area contributed by atoms with Crippen molar-refractivity contribution in [2.24, 2.45) is 0 Å². The Labute approximate surface area is 269 Å². The van der Waals surface area contributed by atoms with E-state index in [4.69, 9.17) is 0 Å². The summed E-state index contributed by atoms with van der Waals surface area (Å²) in [6, 6.07) is 55.1. The zero-order valence-corrected chi connectivity index (χ0v) is 25.7. The molecule has 0 saturated heterocycles. The van der Waals surface area contributed by atoms with E-state index in [0.717, 1.165) is 56.1 Å². The van der Waals surface area contributed by atoms with Crippen molar-refractivity contribution in [2.45, 2.75) is 24.5 Å². The van der Waals surface area contributed by atoms with E-state index in [1.807, 2.05) is 103 Å². The summed E-state index contributed by atoms with van der Waals surface area (Å²) in [6.07, 6.45) is 0.799. The number of hydrogen-bond donors (Lipinski definition) is 2. The monoisotopic (exact) mass is 594 g/mol. The lowest BCUT2D eigenvalue weighted by atomic mass is 9.59. The van der Waals surface area contributed by atoms with Crippen molar-refractivity contribution in [3.8, 4) is 22.3 Å². The molecule has 0 aliphatic heterocycles. The molecule has 222 valence electrons. The minimum atomic E-state index is -1.59. The van der Waals surface area contributed by atoms with Crippen molar-refractivity contribution in [3.63, 3.8) is 0 Å². The highest BCUT2D eigenvalue weighted by Crippen LogP contribution is 2.60. The quantitative estimate of drug-likeness (QED) is 0.208. The van der Waals surface area contributed by atoms with Gasteiger partial charge in [-0.3, -0.25) is 0 Å². The fourth-order valence-corrected chi connectivity index (χ4v) is 7.63. The first-order valence-electron chi connectivity index (χ1n) is 16.0. The topological polar surface area (TPSA) is 40.5 Å². The van der Waals surface area contributed by atoms with E-state index < -0.39 is 11.2 Å². The highest BCUT2D eigenvalue weighted by atomic mass is 16.3. The molecule has 0 heterocycles. The van der Waals surface area contributed by atoms with Crippen molar-refractivity contribution in [2.75, 3.05) is 0 Å². The summed E-state index contributed by atoms with van der Waals surface area (Å²) in [4.78, 5) is 0. The Morgan fingerprint density at radius 1 is 0.435 bits per heavy atom. The Hall–Kier alpha value is -5.28. The Morgan fingerprint density at radius 3 is 1.26 bits per heavy atom. The number of fused-ring (bicyclic) bond motifs is 3. The first-order valence-corrected chi connectivity index (χ1v) is 16.0. The second kappa shape index (κ2) is 11.0. The summed E-state index contributed by atoms with van der Waals surface area (Å²) in [7, 11) is 0. The van der Waals surface area contributed by atoms with Crippen LogP contribution in [0.3, 0.4) is 0 Å². The molecule has 0 radical (unpaired) electrons. The average Bonchev–Trinajstić information content (AvgIpc) is 3.14. The van der Waals surface area contributed by atoms with Crippen LogP contribution in [0.15, 0.2) is 164 Å². The van der Waals surface area contributed by atoms with Crippen LogP contribution in [0, 0.1) is 0 Å². The fraction of sp³-hybridized carbons (Fsp3) is 0.0909. The molecule has 2 heteroatoms. The lowest BCUT2D eigenvalue weighted by Gasteiger charge is -2.48. The molecular formula is C44H34O2. The lowest BCUT2D eigenvalue weighted by molar-refractivity contribution is 0.0758. The maximum atomic E-state index is 13.8. The summed E-state index contributed by atoms with van der Waals surface area (Å²) < 4.78 is 0. The molecule has 7 aromatic carbocycles. The van der Waals surface area contributed by atoms with Crippen LogP contribution in [0.5, 0.6) is 0 Å². The normalized spacial score (nSPS) is 18.6. The van der Waals surface area contributed by atoms with Gasteiger partial charge in [0.05, 0.1) is 0 Å². The molecule has 7 aromatic rings. The van der Waals surface area contributed by atoms with E-state index in [1.165, 1.54) is 0 Å². The van der Waals surface area contributed by atoms with Gasteiger partial charge in [-0.15, -0.1) is 0 Å². The lowest BCUT2D eigenvalue weighted by Crippen LogP contribution is -2.45. The van der Waals surface area contributed by atoms with E-state index in [2.05, 4.69) is 67.6 Å². The highest BCUT2D eigenvalue weighted by molar-refractivity contribution is 6.09. The molecule has 1 aliphatic rings. The molecule has 0 unspecified atom stereocenters. The van der Waals surface area contributed by atoms with Crippen molar-refractivity contribution in [1.82, 2.24) is 0 Å². The molecule has 1 aliphatic carbocycles. The number of hydrogen-bond acceptors (Lipinski definition) is 2. The summed E-state index contributed by atoms with van der Waals surface area (Å²) in [6.45, 7) is 2.12. The molecule has 0 bridgehead atoms. The molecule has 8 rings (SSSR count). The zero-order chi connectivity index (χ0) is 31.3. The fourth-order valence-electron chi connectivity index (χ4n) is 7.63. The number of benzene rings is 7. The van der Waals surface area contributed by atoms with Gasteiger partial charge >= 0.3 is 0 Å². The largest absolute Gasteiger partial charge is 0.376 e. The van der Waals surface area contributed by atoms with E-state index in [1.54, 1.807) is 0 Å². The van der Waals surface area contributed by atoms with Crippen molar-refractivity contribution in [3.05, 3.63) is 203 Å². The predicted molar refractivity (Wildman–Crippen MR) is 188 cm³/mol. The first-order chi connectivity index (χ1) is 22.6. The molecule has 0 fully saturated rings. The Kier molecular flexibility index (Phi) is 6.72. The Balaban J connectivity index is 1.71. The van der Waals surface area contributed by atoms with Gasteiger partial charge in [-0.1, -0.05) is 171 Å². The van der Waals surface area contributed by atoms with Crippen LogP contribution in [-0.2, 0) is 17.6 Å². The summed E-state index contributed by atoms with van der Waals surface area (Å²) in [5.41, 5.74) is 6.01. The van der Waals surface area contributed by atoms with Gasteiger partial charge in [0.25, 0.3) is 0 Å². The number of rotatable bonds is 5. The van der Waals surface area contributed by atoms with Crippen LogP contribution in [-0.4, -0.2) is 10.2 Å². The molecule has 2 atom stereocenters. The van der Waals surface area contributed by atoms with Gasteiger partial charge < -0.3 is 10.2 Å². The Morgan fingerprint density at radius 2 is 0.826 bits per heavy atom. The third-order valence-electron chi connectivity index (χ3n) is 9.72. The maximum absolute atomic E-state index is 13.8. The average molecular weight is 595 g/mol. The van der Waals surface area contributed by atoms with Crippen LogP contribution >= 0.6 is 0 Å². The van der Waals surface area contributed by atoms with Gasteiger partial charge in [0.1, 0.15) is 11.2 Å². The summed E-state index contributed by atoms with van der Waals surface area (Å²) >= 11 is 0. The van der Waals surface area contributed by atoms with Gasteiger partial charge in [0.15, 0.2) is 0 Å². The van der Waals surface area contributed by atoms with Gasteiger partial charge in [0, 0.05) is 11.1 Å². The van der Waals surface area contributed by atoms with Crippen LogP contribution in [0.1, 0.15) is 45.9 Å². The van der Waals surface area contributed by atoms with Gasteiger partial charge in [0.2, 0.25) is 0 Å². The SMILES string of the molecule is CCc1ccc2c(c1)[C@@](O)(c1ccccc1)c1c(c(-c3ccccc3)c3ccccc3c1-c1ccccc1)[C@]2(O)c1ccccc1. The molecule has 0 saturated carbocycles. The molecule has 0 spiro atoms. The molecule has 2 N–H and O–H groups in total. The minimum Gasteiger partial charge on any atom is -0.376 e. The van der Waals surface area contributed by atoms with E-state index in [9.17, 15) is 10.2 Å². The standard InChI is InChI=1S/C44H34O2/c1-2-30-27-28-37-38(29-30)44(46,34-23-13-6-14-24-34)42-40(32-19-9-4-10-20-32)36-26-16-15-25-35(36)39(31-17-7-3-8-18-31)41(42)43(37,45)33-21-11-5-12-22-33/h3-29,45-46H,2H2,1H3/t43-,44-/m0/s1. The second-order valence-electron chi connectivity index (χ2n) is 12.2. The van der Waals surface area contributed by atoms with Crippen molar-refractivity contribution in [1.29, 1.82) is 0 Å².